The highest BCUT2D eigenvalue weighted by atomic mass is 35.5. The molecule has 6 nitrogen and oxygen atoms in total. The molecule has 1 heterocycles. The molecular formula is C11H10ClN3O3S. The van der Waals surface area contributed by atoms with Gasteiger partial charge in [-0.15, -0.1) is 5.10 Å². The van der Waals surface area contributed by atoms with Crippen molar-refractivity contribution in [1.82, 2.24) is 15.2 Å². The van der Waals surface area contributed by atoms with Crippen LogP contribution in [0.4, 0.5) is 0 Å². The van der Waals surface area contributed by atoms with E-state index in [0.29, 0.717) is 27.3 Å². The molecule has 0 unspecified atom stereocenters. The second-order valence-corrected chi connectivity index (χ2v) is 4.87. The summed E-state index contributed by atoms with van der Waals surface area (Å²) in [5, 5.41) is 16.2. The Morgan fingerprint density at radius 2 is 2.37 bits per heavy atom. The van der Waals surface area contributed by atoms with Gasteiger partial charge in [0.25, 0.3) is 0 Å². The Hall–Kier alpha value is -1.73. The Morgan fingerprint density at radius 3 is 3.05 bits per heavy atom. The monoisotopic (exact) mass is 299 g/mol. The molecule has 0 saturated heterocycles. The van der Waals surface area contributed by atoms with Crippen molar-refractivity contribution in [2.45, 2.75) is 5.16 Å². The van der Waals surface area contributed by atoms with Gasteiger partial charge in [-0.25, -0.2) is 4.98 Å². The normalized spacial score (nSPS) is 10.4. The average Bonchev–Trinajstić information content (AvgIpc) is 2.84. The summed E-state index contributed by atoms with van der Waals surface area (Å²) in [4.78, 5) is 14.7. The molecule has 100 valence electrons. The number of methoxy groups -OCH3 is 1. The maximum absolute atomic E-state index is 10.5. The fraction of sp³-hybridized carbons (Fsp3) is 0.182. The molecule has 0 radical (unpaired) electrons. The Bertz CT molecular complexity index is 603. The molecule has 0 spiro atoms. The van der Waals surface area contributed by atoms with Crippen LogP contribution in [0.2, 0.25) is 5.02 Å². The molecule has 1 aromatic carbocycles. The standard InChI is InChI=1S/C11H10ClN3O3S/c1-18-8-4-6(12)2-3-7(8)10-13-11(15-14-10)19-5-9(16)17/h2-4H,5H2,1H3,(H,16,17)(H,13,14,15). The van der Waals surface area contributed by atoms with Gasteiger partial charge in [0.15, 0.2) is 5.82 Å². The summed E-state index contributed by atoms with van der Waals surface area (Å²) in [5.74, 6) is 0.0648. The van der Waals surface area contributed by atoms with Crippen LogP contribution in [0.5, 0.6) is 5.75 Å². The number of nitrogens with zero attached hydrogens (tertiary/aromatic N) is 2. The van der Waals surface area contributed by atoms with E-state index in [2.05, 4.69) is 15.2 Å². The molecule has 8 heteroatoms. The fourth-order valence-electron chi connectivity index (χ4n) is 1.42. The van der Waals surface area contributed by atoms with E-state index in [1.165, 1.54) is 7.11 Å². The van der Waals surface area contributed by atoms with Crippen LogP contribution in [-0.2, 0) is 4.79 Å². The fourth-order valence-corrected chi connectivity index (χ4v) is 2.10. The molecule has 0 atom stereocenters. The van der Waals surface area contributed by atoms with E-state index in [1.807, 2.05) is 0 Å². The Balaban J connectivity index is 2.25. The number of carbonyl (C=O) groups is 1. The van der Waals surface area contributed by atoms with Crippen LogP contribution in [0.15, 0.2) is 23.4 Å². The van der Waals surface area contributed by atoms with Gasteiger partial charge in [-0.3, -0.25) is 9.89 Å². The van der Waals surface area contributed by atoms with E-state index < -0.39 is 5.97 Å². The van der Waals surface area contributed by atoms with Gasteiger partial charge in [0.05, 0.1) is 18.4 Å². The number of rotatable bonds is 5. The van der Waals surface area contributed by atoms with Gasteiger partial charge in [-0.05, 0) is 18.2 Å². The molecule has 0 saturated carbocycles. The summed E-state index contributed by atoms with van der Waals surface area (Å²) < 4.78 is 5.21. The first-order valence-electron chi connectivity index (χ1n) is 5.21. The molecular weight excluding hydrogens is 290 g/mol. The number of benzene rings is 1. The van der Waals surface area contributed by atoms with E-state index in [4.69, 9.17) is 21.4 Å². The lowest BCUT2D eigenvalue weighted by Crippen LogP contribution is -1.97. The first kappa shape index (κ1) is 13.7. The summed E-state index contributed by atoms with van der Waals surface area (Å²) in [6.07, 6.45) is 0. The van der Waals surface area contributed by atoms with E-state index in [9.17, 15) is 4.79 Å². The number of hydrogen-bond donors (Lipinski definition) is 2. The third-order valence-electron chi connectivity index (χ3n) is 2.21. The maximum Gasteiger partial charge on any atom is 0.313 e. The van der Waals surface area contributed by atoms with Crippen LogP contribution in [0.3, 0.4) is 0 Å². The van der Waals surface area contributed by atoms with E-state index in [0.717, 1.165) is 11.8 Å². The molecule has 19 heavy (non-hydrogen) atoms. The quantitative estimate of drug-likeness (QED) is 0.824. The van der Waals surface area contributed by atoms with Gasteiger partial charge < -0.3 is 9.84 Å². The van der Waals surface area contributed by atoms with Crippen LogP contribution >= 0.6 is 23.4 Å². The van der Waals surface area contributed by atoms with Gasteiger partial charge in [0, 0.05) is 5.02 Å². The molecule has 0 aliphatic carbocycles. The van der Waals surface area contributed by atoms with Gasteiger partial charge in [0.2, 0.25) is 5.16 Å². The highest BCUT2D eigenvalue weighted by Gasteiger charge is 2.12. The Labute approximate surface area is 118 Å². The van der Waals surface area contributed by atoms with Crippen molar-refractivity contribution in [2.75, 3.05) is 12.9 Å². The van der Waals surface area contributed by atoms with Gasteiger partial charge in [-0.2, -0.15) is 0 Å². The zero-order valence-corrected chi connectivity index (χ0v) is 11.5. The van der Waals surface area contributed by atoms with E-state index in [1.54, 1.807) is 18.2 Å². The van der Waals surface area contributed by atoms with Crippen LogP contribution in [-0.4, -0.2) is 39.1 Å². The number of H-pyrrole nitrogens is 1. The predicted molar refractivity (Wildman–Crippen MR) is 71.7 cm³/mol. The maximum atomic E-state index is 10.5. The highest BCUT2D eigenvalue weighted by molar-refractivity contribution is 7.99. The van der Waals surface area contributed by atoms with Crippen LogP contribution in [0, 0.1) is 0 Å². The zero-order chi connectivity index (χ0) is 13.8. The molecule has 0 amide bonds. The summed E-state index contributed by atoms with van der Waals surface area (Å²) in [5.41, 5.74) is 0.710. The zero-order valence-electron chi connectivity index (χ0n) is 9.88. The number of aromatic nitrogens is 3. The molecule has 2 aromatic rings. The van der Waals surface area contributed by atoms with Gasteiger partial charge in [-0.1, -0.05) is 23.4 Å². The third-order valence-corrected chi connectivity index (χ3v) is 3.28. The molecule has 2 N–H and O–H groups in total. The molecule has 0 fully saturated rings. The minimum absolute atomic E-state index is 0.0882. The smallest absolute Gasteiger partial charge is 0.313 e. The number of thioether (sulfide) groups is 1. The third kappa shape index (κ3) is 3.39. The molecule has 2 rings (SSSR count). The largest absolute Gasteiger partial charge is 0.496 e. The SMILES string of the molecule is COc1cc(Cl)ccc1-c1nc(SCC(=O)O)n[nH]1. The summed E-state index contributed by atoms with van der Waals surface area (Å²) in [6.45, 7) is 0. The number of halogens is 1. The van der Waals surface area contributed by atoms with Crippen molar-refractivity contribution in [3.8, 4) is 17.1 Å². The highest BCUT2D eigenvalue weighted by Crippen LogP contribution is 2.30. The topological polar surface area (TPSA) is 88.1 Å². The predicted octanol–water partition coefficient (Wildman–Crippen LogP) is 2.31. The molecule has 0 aliphatic heterocycles. The Kier molecular flexibility index (Phi) is 4.28. The summed E-state index contributed by atoms with van der Waals surface area (Å²) >= 11 is 6.92. The van der Waals surface area contributed by atoms with Crippen molar-refractivity contribution in [1.29, 1.82) is 0 Å². The van der Waals surface area contributed by atoms with Crippen molar-refractivity contribution in [3.63, 3.8) is 0 Å². The molecule has 0 aliphatic rings. The lowest BCUT2D eigenvalue weighted by molar-refractivity contribution is -0.133. The lowest BCUT2D eigenvalue weighted by Gasteiger charge is -2.05. The second kappa shape index (κ2) is 5.94. The van der Waals surface area contributed by atoms with Gasteiger partial charge >= 0.3 is 5.97 Å². The van der Waals surface area contributed by atoms with Crippen LogP contribution in [0.1, 0.15) is 0 Å². The van der Waals surface area contributed by atoms with E-state index >= 15 is 0 Å². The lowest BCUT2D eigenvalue weighted by atomic mass is 10.2. The number of nitrogens with one attached hydrogen (secondary N) is 1. The number of carboxylic acids is 1. The number of aliphatic carboxylic acids is 1. The molecule has 0 bridgehead atoms. The Morgan fingerprint density at radius 1 is 1.58 bits per heavy atom. The first-order chi connectivity index (χ1) is 9.10. The first-order valence-corrected chi connectivity index (χ1v) is 6.57. The van der Waals surface area contributed by atoms with Crippen LogP contribution < -0.4 is 4.74 Å². The minimum Gasteiger partial charge on any atom is -0.496 e. The van der Waals surface area contributed by atoms with Crippen molar-refractivity contribution < 1.29 is 14.6 Å². The second-order valence-electron chi connectivity index (χ2n) is 3.49. The van der Waals surface area contributed by atoms with Crippen LogP contribution in [0.25, 0.3) is 11.4 Å². The number of ether oxygens (including phenoxy) is 1. The average molecular weight is 300 g/mol. The minimum atomic E-state index is -0.916. The van der Waals surface area contributed by atoms with E-state index in [-0.39, 0.29) is 5.75 Å². The number of aromatic amines is 1. The van der Waals surface area contributed by atoms with Crippen molar-refractivity contribution in [3.05, 3.63) is 23.2 Å². The molecule has 1 aromatic heterocycles. The summed E-state index contributed by atoms with van der Waals surface area (Å²) in [6, 6.07) is 5.14. The number of carboxylic acid groups (broad SMARTS) is 1. The van der Waals surface area contributed by atoms with Crippen molar-refractivity contribution >= 4 is 29.3 Å². The number of hydrogen-bond acceptors (Lipinski definition) is 5. The summed E-state index contributed by atoms with van der Waals surface area (Å²) in [7, 11) is 1.53. The van der Waals surface area contributed by atoms with Gasteiger partial charge in [0.1, 0.15) is 5.75 Å². The van der Waals surface area contributed by atoms with Crippen molar-refractivity contribution in [2.24, 2.45) is 0 Å².